The van der Waals surface area contributed by atoms with Crippen molar-refractivity contribution in [1.29, 1.82) is 0 Å². The first-order valence-electron chi connectivity index (χ1n) is 5.89. The lowest BCUT2D eigenvalue weighted by Gasteiger charge is -2.14. The van der Waals surface area contributed by atoms with E-state index in [2.05, 4.69) is 30.8 Å². The van der Waals surface area contributed by atoms with Gasteiger partial charge in [0.1, 0.15) is 0 Å². The minimum atomic E-state index is 0.934. The van der Waals surface area contributed by atoms with Gasteiger partial charge in [-0.2, -0.15) is 0 Å². The van der Waals surface area contributed by atoms with Crippen molar-refractivity contribution in [2.75, 3.05) is 0 Å². The van der Waals surface area contributed by atoms with Gasteiger partial charge in [0.15, 0.2) is 0 Å². The van der Waals surface area contributed by atoms with Crippen LogP contribution in [-0.4, -0.2) is 5.25 Å². The molecule has 1 heteroatoms. The molecule has 0 heterocycles. The van der Waals surface area contributed by atoms with Gasteiger partial charge >= 0.3 is 0 Å². The van der Waals surface area contributed by atoms with Crippen molar-refractivity contribution in [3.05, 3.63) is 22.6 Å². The van der Waals surface area contributed by atoms with Gasteiger partial charge in [0, 0.05) is 5.25 Å². The zero-order chi connectivity index (χ0) is 9.54. The predicted molar refractivity (Wildman–Crippen MR) is 63.3 cm³/mol. The Morgan fingerprint density at radius 2 is 1.93 bits per heavy atom. The fourth-order valence-electron chi connectivity index (χ4n) is 2.80. The Morgan fingerprint density at radius 1 is 1.14 bits per heavy atom. The van der Waals surface area contributed by atoms with E-state index in [-0.39, 0.29) is 0 Å². The molecule has 0 aromatic rings. The Labute approximate surface area is 90.8 Å². The van der Waals surface area contributed by atoms with Crippen LogP contribution in [0.2, 0.25) is 0 Å². The van der Waals surface area contributed by atoms with E-state index < -0.39 is 0 Å². The van der Waals surface area contributed by atoms with Crippen molar-refractivity contribution >= 4 is 11.8 Å². The summed E-state index contributed by atoms with van der Waals surface area (Å²) in [5.41, 5.74) is 1.62. The average Bonchev–Trinajstić information content (AvgIpc) is 2.84. The molecule has 0 bridgehead atoms. The third-order valence-corrected chi connectivity index (χ3v) is 5.37. The lowest BCUT2D eigenvalue weighted by Crippen LogP contribution is -1.99. The Kier molecular flexibility index (Phi) is 2.24. The van der Waals surface area contributed by atoms with Crippen LogP contribution >= 0.6 is 11.8 Å². The summed E-state index contributed by atoms with van der Waals surface area (Å²) >= 11 is 2.20. The van der Waals surface area contributed by atoms with Crippen molar-refractivity contribution in [2.45, 2.75) is 44.3 Å². The van der Waals surface area contributed by atoms with E-state index in [9.17, 15) is 0 Å². The Bertz CT molecular complexity index is 294. The van der Waals surface area contributed by atoms with E-state index >= 15 is 0 Å². The lowest BCUT2D eigenvalue weighted by molar-refractivity contribution is 0.881. The van der Waals surface area contributed by atoms with Crippen LogP contribution in [0.15, 0.2) is 22.6 Å². The van der Waals surface area contributed by atoms with Crippen molar-refractivity contribution in [3.8, 4) is 0 Å². The van der Waals surface area contributed by atoms with Crippen molar-refractivity contribution in [3.63, 3.8) is 0 Å². The number of allylic oxidation sites excluding steroid dienone is 4. The van der Waals surface area contributed by atoms with Crippen LogP contribution in [0.25, 0.3) is 0 Å². The Hall–Kier alpha value is -0.170. The Balaban J connectivity index is 1.68. The lowest BCUT2D eigenvalue weighted by atomic mass is 10.1. The molecule has 0 aromatic carbocycles. The van der Waals surface area contributed by atoms with Crippen LogP contribution in [0.3, 0.4) is 0 Å². The summed E-state index contributed by atoms with van der Waals surface area (Å²) in [5.74, 6) is 1.87. The van der Waals surface area contributed by atoms with E-state index in [0.717, 1.165) is 17.1 Å². The predicted octanol–water partition coefficient (Wildman–Crippen LogP) is 4.14. The van der Waals surface area contributed by atoms with E-state index in [1.807, 2.05) is 0 Å². The summed E-state index contributed by atoms with van der Waals surface area (Å²) in [6.45, 7) is 2.29. The van der Waals surface area contributed by atoms with Gasteiger partial charge in [-0.3, -0.25) is 0 Å². The summed E-state index contributed by atoms with van der Waals surface area (Å²) in [6, 6.07) is 0. The van der Waals surface area contributed by atoms with Crippen LogP contribution < -0.4 is 0 Å². The maximum atomic E-state index is 2.40. The first-order valence-corrected chi connectivity index (χ1v) is 6.77. The molecule has 3 aliphatic rings. The summed E-state index contributed by atoms with van der Waals surface area (Å²) in [7, 11) is 0. The standard InChI is InChI=1S/C13H18S/c1-9-6-7-13(12-8-11(9)12)14-10-4-2-3-5-10/h6-7,10-12H,2-5,8H2,1H3. The molecule has 76 valence electrons. The molecule has 0 nitrogen and oxygen atoms in total. The number of fused-ring (bicyclic) bond motifs is 1. The van der Waals surface area contributed by atoms with Crippen LogP contribution in [0.1, 0.15) is 39.0 Å². The summed E-state index contributed by atoms with van der Waals surface area (Å²) < 4.78 is 0. The minimum absolute atomic E-state index is 0.934. The number of rotatable bonds is 2. The molecule has 0 N–H and O–H groups in total. The molecule has 0 amide bonds. The third-order valence-electron chi connectivity index (χ3n) is 3.86. The van der Waals surface area contributed by atoms with Gasteiger partial charge in [0.25, 0.3) is 0 Å². The van der Waals surface area contributed by atoms with E-state index in [1.165, 1.54) is 32.1 Å². The number of hydrogen-bond acceptors (Lipinski definition) is 1. The monoisotopic (exact) mass is 206 g/mol. The van der Waals surface area contributed by atoms with Crippen LogP contribution in [0, 0.1) is 11.8 Å². The second-order valence-corrected chi connectivity index (χ2v) is 6.33. The highest BCUT2D eigenvalue weighted by Gasteiger charge is 2.43. The van der Waals surface area contributed by atoms with Crippen LogP contribution in [0.5, 0.6) is 0 Å². The third kappa shape index (κ3) is 1.56. The van der Waals surface area contributed by atoms with Gasteiger partial charge in [0.05, 0.1) is 0 Å². The van der Waals surface area contributed by atoms with E-state index in [1.54, 1.807) is 10.5 Å². The molecule has 14 heavy (non-hydrogen) atoms. The normalized spacial score (nSPS) is 36.4. The molecule has 2 unspecified atom stereocenters. The molecule has 0 aromatic heterocycles. The number of thioether (sulfide) groups is 1. The molecule has 2 atom stereocenters. The van der Waals surface area contributed by atoms with Gasteiger partial charge in [-0.05, 0) is 42.9 Å². The van der Waals surface area contributed by atoms with Gasteiger partial charge < -0.3 is 0 Å². The highest BCUT2D eigenvalue weighted by atomic mass is 32.2. The molecule has 3 aliphatic carbocycles. The molecule has 2 saturated carbocycles. The molecule has 3 rings (SSSR count). The van der Waals surface area contributed by atoms with Gasteiger partial charge in [-0.25, -0.2) is 0 Å². The minimum Gasteiger partial charge on any atom is -0.127 e. The molecule has 0 aliphatic heterocycles. The molecule has 0 radical (unpaired) electrons. The van der Waals surface area contributed by atoms with Crippen molar-refractivity contribution in [2.24, 2.45) is 11.8 Å². The summed E-state index contributed by atoms with van der Waals surface area (Å²) in [5, 5.41) is 0.953. The molecule has 2 fully saturated rings. The van der Waals surface area contributed by atoms with Gasteiger partial charge in [0.2, 0.25) is 0 Å². The Morgan fingerprint density at radius 3 is 2.71 bits per heavy atom. The first-order chi connectivity index (χ1) is 6.84. The summed E-state index contributed by atoms with van der Waals surface area (Å²) in [4.78, 5) is 1.70. The van der Waals surface area contributed by atoms with Gasteiger partial charge in [-0.1, -0.05) is 30.6 Å². The second kappa shape index (κ2) is 3.44. The first kappa shape index (κ1) is 9.08. The average molecular weight is 206 g/mol. The van der Waals surface area contributed by atoms with E-state index in [0.29, 0.717) is 0 Å². The fraction of sp³-hybridized carbons (Fsp3) is 0.692. The topological polar surface area (TPSA) is 0 Å². The molecular weight excluding hydrogens is 188 g/mol. The smallest absolute Gasteiger partial charge is 0.00913 e. The number of hydrogen-bond donors (Lipinski definition) is 0. The largest absolute Gasteiger partial charge is 0.127 e. The SMILES string of the molecule is CC1=CC=C(SC2CCCC2)C2CC12. The fourth-order valence-corrected chi connectivity index (χ4v) is 4.33. The second-order valence-electron chi connectivity index (χ2n) is 4.95. The van der Waals surface area contributed by atoms with Gasteiger partial charge in [-0.15, -0.1) is 11.8 Å². The van der Waals surface area contributed by atoms with Crippen LogP contribution in [-0.2, 0) is 0 Å². The molecular formula is C13H18S. The summed E-state index contributed by atoms with van der Waals surface area (Å²) in [6.07, 6.45) is 12.0. The maximum absolute atomic E-state index is 2.40. The van der Waals surface area contributed by atoms with Crippen molar-refractivity contribution < 1.29 is 0 Å². The highest BCUT2D eigenvalue weighted by molar-refractivity contribution is 8.03. The highest BCUT2D eigenvalue weighted by Crippen LogP contribution is 2.55. The van der Waals surface area contributed by atoms with Crippen molar-refractivity contribution in [1.82, 2.24) is 0 Å². The molecule has 0 saturated heterocycles. The van der Waals surface area contributed by atoms with E-state index in [4.69, 9.17) is 0 Å². The quantitative estimate of drug-likeness (QED) is 0.654. The van der Waals surface area contributed by atoms with Crippen LogP contribution in [0.4, 0.5) is 0 Å². The molecule has 0 spiro atoms. The zero-order valence-corrected chi connectivity index (χ0v) is 9.65. The zero-order valence-electron chi connectivity index (χ0n) is 8.83. The maximum Gasteiger partial charge on any atom is 0.00913 e.